The highest BCUT2D eigenvalue weighted by atomic mass is 19.4. The van der Waals surface area contributed by atoms with Crippen molar-refractivity contribution in [1.82, 2.24) is 5.32 Å². The molecule has 1 heterocycles. The van der Waals surface area contributed by atoms with E-state index in [9.17, 15) is 17.6 Å². The maximum Gasteiger partial charge on any atom is 0.416 e. The minimum atomic E-state index is -4.51. The first-order valence-electron chi connectivity index (χ1n) is 5.13. The molecule has 0 atom stereocenters. The van der Waals surface area contributed by atoms with Crippen LogP contribution in [0.2, 0.25) is 0 Å². The number of hydrogen-bond donors (Lipinski definition) is 1. The molecule has 0 aromatic heterocycles. The molecule has 0 unspecified atom stereocenters. The van der Waals surface area contributed by atoms with E-state index in [4.69, 9.17) is 4.74 Å². The van der Waals surface area contributed by atoms with Crippen molar-refractivity contribution in [3.63, 3.8) is 0 Å². The zero-order chi connectivity index (χ0) is 12.5. The minimum Gasteiger partial charge on any atom is -0.378 e. The molecule has 0 amide bonds. The summed E-state index contributed by atoms with van der Waals surface area (Å²) in [5.41, 5.74) is -0.740. The van der Waals surface area contributed by atoms with Crippen molar-refractivity contribution in [2.45, 2.75) is 18.8 Å². The highest BCUT2D eigenvalue weighted by Crippen LogP contribution is 2.30. The number of benzene rings is 1. The van der Waals surface area contributed by atoms with Crippen molar-refractivity contribution >= 4 is 0 Å². The van der Waals surface area contributed by atoms with Gasteiger partial charge >= 0.3 is 6.18 Å². The Hall–Kier alpha value is -1.14. The molecule has 1 saturated heterocycles. The first kappa shape index (κ1) is 12.3. The fourth-order valence-electron chi connectivity index (χ4n) is 1.47. The van der Waals surface area contributed by atoms with Crippen LogP contribution in [0, 0.1) is 5.82 Å². The van der Waals surface area contributed by atoms with Crippen molar-refractivity contribution in [2.24, 2.45) is 0 Å². The number of halogens is 4. The second-order valence-corrected chi connectivity index (χ2v) is 3.92. The fraction of sp³-hybridized carbons (Fsp3) is 0.455. The second kappa shape index (κ2) is 4.62. The molecule has 0 radical (unpaired) electrons. The van der Waals surface area contributed by atoms with Crippen molar-refractivity contribution in [1.29, 1.82) is 0 Å². The Morgan fingerprint density at radius 2 is 2.00 bits per heavy atom. The molecule has 2 rings (SSSR count). The molecule has 1 fully saturated rings. The Kier molecular flexibility index (Phi) is 3.35. The molecule has 1 aliphatic heterocycles. The van der Waals surface area contributed by atoms with Crippen LogP contribution in [0.3, 0.4) is 0 Å². The predicted molar refractivity (Wildman–Crippen MR) is 52.8 cm³/mol. The summed E-state index contributed by atoms with van der Waals surface area (Å²) in [6.45, 7) is 1.32. The normalized spacial score (nSPS) is 16.9. The highest BCUT2D eigenvalue weighted by molar-refractivity contribution is 5.26. The highest BCUT2D eigenvalue weighted by Gasteiger charge is 2.31. The van der Waals surface area contributed by atoms with E-state index in [0.717, 1.165) is 12.1 Å². The van der Waals surface area contributed by atoms with Gasteiger partial charge in [-0.15, -0.1) is 0 Å². The number of alkyl halides is 3. The first-order valence-corrected chi connectivity index (χ1v) is 5.13. The molecule has 0 spiro atoms. The summed E-state index contributed by atoms with van der Waals surface area (Å²) >= 11 is 0. The van der Waals surface area contributed by atoms with Crippen LogP contribution in [-0.2, 0) is 17.5 Å². The molecule has 0 bridgehead atoms. The van der Waals surface area contributed by atoms with Gasteiger partial charge in [0.2, 0.25) is 0 Å². The Balaban J connectivity index is 2.03. The van der Waals surface area contributed by atoms with E-state index in [1.807, 2.05) is 0 Å². The second-order valence-electron chi connectivity index (χ2n) is 3.92. The maximum atomic E-state index is 13.4. The smallest absolute Gasteiger partial charge is 0.378 e. The van der Waals surface area contributed by atoms with Gasteiger partial charge in [-0.1, -0.05) is 6.07 Å². The van der Waals surface area contributed by atoms with Gasteiger partial charge < -0.3 is 10.1 Å². The molecule has 17 heavy (non-hydrogen) atoms. The van der Waals surface area contributed by atoms with Crippen molar-refractivity contribution < 1.29 is 22.3 Å². The van der Waals surface area contributed by atoms with E-state index in [1.54, 1.807) is 0 Å². The average molecular weight is 249 g/mol. The summed E-state index contributed by atoms with van der Waals surface area (Å²) in [5.74, 6) is -0.840. The van der Waals surface area contributed by atoms with Gasteiger partial charge in [0.25, 0.3) is 0 Å². The summed E-state index contributed by atoms with van der Waals surface area (Å²) in [4.78, 5) is 0. The molecule has 2 nitrogen and oxygen atoms in total. The Morgan fingerprint density at radius 3 is 2.47 bits per heavy atom. The van der Waals surface area contributed by atoms with Gasteiger partial charge in [-0.3, -0.25) is 0 Å². The third-order valence-corrected chi connectivity index (χ3v) is 2.60. The van der Waals surface area contributed by atoms with Gasteiger partial charge in [0, 0.05) is 12.1 Å². The molecule has 0 saturated carbocycles. The van der Waals surface area contributed by atoms with Crippen LogP contribution < -0.4 is 5.32 Å². The summed E-state index contributed by atoms with van der Waals surface area (Å²) in [6, 6.07) is 2.73. The monoisotopic (exact) mass is 249 g/mol. The number of rotatable bonds is 3. The lowest BCUT2D eigenvalue weighted by Gasteiger charge is -2.27. The summed E-state index contributed by atoms with van der Waals surface area (Å²) < 4.78 is 55.1. The topological polar surface area (TPSA) is 21.3 Å². The molecule has 1 aromatic rings. The van der Waals surface area contributed by atoms with Gasteiger partial charge in [0.15, 0.2) is 0 Å². The van der Waals surface area contributed by atoms with Crippen molar-refractivity contribution in [3.05, 3.63) is 35.1 Å². The molecule has 1 N–H and O–H groups in total. The Bertz CT molecular complexity index is 401. The summed E-state index contributed by atoms with van der Waals surface area (Å²) in [7, 11) is 0. The van der Waals surface area contributed by atoms with Crippen LogP contribution in [0.15, 0.2) is 18.2 Å². The predicted octanol–water partition coefficient (Wildman–Crippen LogP) is 2.33. The molecule has 1 aliphatic rings. The SMILES string of the molecule is Fc1cc(C(F)(F)F)ccc1CNC1COC1. The van der Waals surface area contributed by atoms with Crippen LogP contribution in [0.1, 0.15) is 11.1 Å². The van der Waals surface area contributed by atoms with E-state index < -0.39 is 17.6 Å². The molecule has 1 aromatic carbocycles. The first-order chi connectivity index (χ1) is 7.97. The molecular weight excluding hydrogens is 238 g/mol. The van der Waals surface area contributed by atoms with Gasteiger partial charge in [0.1, 0.15) is 5.82 Å². The fourth-order valence-corrected chi connectivity index (χ4v) is 1.47. The minimum absolute atomic E-state index is 0.164. The lowest BCUT2D eigenvalue weighted by Crippen LogP contribution is -2.45. The van der Waals surface area contributed by atoms with Gasteiger partial charge in [-0.25, -0.2) is 4.39 Å². The third kappa shape index (κ3) is 2.95. The van der Waals surface area contributed by atoms with Crippen LogP contribution in [0.5, 0.6) is 0 Å². The largest absolute Gasteiger partial charge is 0.416 e. The van der Waals surface area contributed by atoms with E-state index in [-0.39, 0.29) is 18.2 Å². The lowest BCUT2D eigenvalue weighted by molar-refractivity contribution is -0.137. The molecular formula is C11H11F4NO. The summed E-state index contributed by atoms with van der Waals surface area (Å²) in [6.07, 6.45) is -4.51. The zero-order valence-corrected chi connectivity index (χ0v) is 8.85. The average Bonchev–Trinajstić information content (AvgIpc) is 2.16. The van der Waals surface area contributed by atoms with E-state index in [1.165, 1.54) is 0 Å². The van der Waals surface area contributed by atoms with E-state index in [0.29, 0.717) is 19.3 Å². The Labute approximate surface area is 95.6 Å². The lowest BCUT2D eigenvalue weighted by atomic mass is 10.1. The standard InChI is InChI=1S/C11H11F4NO/c12-10-3-8(11(13,14)15)2-1-7(10)4-16-9-5-17-6-9/h1-3,9,16H,4-6H2. The van der Waals surface area contributed by atoms with Crippen LogP contribution in [-0.4, -0.2) is 19.3 Å². The van der Waals surface area contributed by atoms with Crippen LogP contribution in [0.25, 0.3) is 0 Å². The van der Waals surface area contributed by atoms with Gasteiger partial charge in [0.05, 0.1) is 24.8 Å². The van der Waals surface area contributed by atoms with Gasteiger partial charge in [-0.05, 0) is 12.1 Å². The number of nitrogens with one attached hydrogen (secondary N) is 1. The molecule has 94 valence electrons. The van der Waals surface area contributed by atoms with E-state index >= 15 is 0 Å². The number of ether oxygens (including phenoxy) is 1. The molecule has 6 heteroatoms. The van der Waals surface area contributed by atoms with Crippen molar-refractivity contribution in [3.8, 4) is 0 Å². The zero-order valence-electron chi connectivity index (χ0n) is 8.85. The van der Waals surface area contributed by atoms with E-state index in [2.05, 4.69) is 5.32 Å². The van der Waals surface area contributed by atoms with Gasteiger partial charge in [-0.2, -0.15) is 13.2 Å². The quantitative estimate of drug-likeness (QED) is 0.830. The Morgan fingerprint density at radius 1 is 1.29 bits per heavy atom. The molecule has 0 aliphatic carbocycles. The third-order valence-electron chi connectivity index (χ3n) is 2.60. The van der Waals surface area contributed by atoms with Crippen LogP contribution in [0.4, 0.5) is 17.6 Å². The number of hydrogen-bond acceptors (Lipinski definition) is 2. The van der Waals surface area contributed by atoms with Crippen molar-refractivity contribution in [2.75, 3.05) is 13.2 Å². The summed E-state index contributed by atoms with van der Waals surface area (Å²) in [5, 5.41) is 2.99. The maximum absolute atomic E-state index is 13.4. The van der Waals surface area contributed by atoms with Crippen LogP contribution >= 0.6 is 0 Å².